The van der Waals surface area contributed by atoms with Crippen LogP contribution in [0.25, 0.3) is 10.9 Å². The summed E-state index contributed by atoms with van der Waals surface area (Å²) in [5.41, 5.74) is 6.48. The molecule has 0 aliphatic heterocycles. The van der Waals surface area contributed by atoms with Crippen LogP contribution in [0.15, 0.2) is 27.8 Å². The molecular weight excluding hydrogens is 218 g/mol. The average Bonchev–Trinajstić information content (AvgIpc) is 2.23. The molecule has 0 radical (unpaired) electrons. The van der Waals surface area contributed by atoms with Gasteiger partial charge in [0.15, 0.2) is 0 Å². The highest BCUT2D eigenvalue weighted by atomic mass is 16.2. The van der Waals surface area contributed by atoms with Crippen LogP contribution in [0.5, 0.6) is 0 Å². The van der Waals surface area contributed by atoms with Gasteiger partial charge in [0.1, 0.15) is 0 Å². The van der Waals surface area contributed by atoms with Gasteiger partial charge >= 0.3 is 5.69 Å². The number of rotatable bonds is 2. The van der Waals surface area contributed by atoms with Crippen LogP contribution < -0.4 is 17.0 Å². The highest BCUT2D eigenvalue weighted by molar-refractivity contribution is 5.77. The number of aryl methyl sites for hydroxylation is 1. The fourth-order valence-electron chi connectivity index (χ4n) is 1.82. The van der Waals surface area contributed by atoms with Crippen LogP contribution in [0.3, 0.4) is 0 Å². The lowest BCUT2D eigenvalue weighted by molar-refractivity contribution is 0.554. The van der Waals surface area contributed by atoms with Crippen molar-refractivity contribution in [1.29, 1.82) is 0 Å². The minimum Gasteiger partial charge on any atom is -0.326 e. The Morgan fingerprint density at radius 1 is 1.41 bits per heavy atom. The second-order valence-electron chi connectivity index (χ2n) is 4.37. The van der Waals surface area contributed by atoms with Crippen molar-refractivity contribution in [3.8, 4) is 0 Å². The number of hydrogen-bond acceptors (Lipinski definition) is 3. The summed E-state index contributed by atoms with van der Waals surface area (Å²) in [4.78, 5) is 26.5. The zero-order valence-electron chi connectivity index (χ0n) is 9.86. The normalized spacial score (nSPS) is 12.9. The van der Waals surface area contributed by atoms with E-state index in [0.29, 0.717) is 10.9 Å². The van der Waals surface area contributed by atoms with Crippen molar-refractivity contribution in [3.63, 3.8) is 0 Å². The van der Waals surface area contributed by atoms with E-state index in [1.807, 2.05) is 13.0 Å². The maximum atomic E-state index is 12.1. The topological polar surface area (TPSA) is 80.9 Å². The van der Waals surface area contributed by atoms with Gasteiger partial charge in [-0.05, 0) is 31.5 Å². The maximum Gasteiger partial charge on any atom is 0.328 e. The van der Waals surface area contributed by atoms with Crippen LogP contribution in [0, 0.1) is 6.92 Å². The van der Waals surface area contributed by atoms with Crippen molar-refractivity contribution in [1.82, 2.24) is 9.55 Å². The highest BCUT2D eigenvalue weighted by Crippen LogP contribution is 2.07. The van der Waals surface area contributed by atoms with Crippen LogP contribution >= 0.6 is 0 Å². The molecule has 0 aliphatic rings. The summed E-state index contributed by atoms with van der Waals surface area (Å²) in [6, 6.07) is 5.12. The Kier molecular flexibility index (Phi) is 2.85. The fraction of sp³-hybridized carbons (Fsp3) is 0.333. The molecule has 0 bridgehead atoms. The third kappa shape index (κ3) is 2.14. The van der Waals surface area contributed by atoms with Gasteiger partial charge in [-0.15, -0.1) is 0 Å². The summed E-state index contributed by atoms with van der Waals surface area (Å²) >= 11 is 0. The molecule has 0 spiro atoms. The second kappa shape index (κ2) is 4.18. The number of H-pyrrole nitrogens is 1. The van der Waals surface area contributed by atoms with E-state index in [0.717, 1.165) is 10.1 Å². The van der Waals surface area contributed by atoms with Gasteiger partial charge in [-0.3, -0.25) is 9.36 Å². The molecule has 17 heavy (non-hydrogen) atoms. The fourth-order valence-corrected chi connectivity index (χ4v) is 1.82. The maximum absolute atomic E-state index is 12.1. The molecule has 2 rings (SSSR count). The Bertz CT molecular complexity index is 667. The van der Waals surface area contributed by atoms with Crippen LogP contribution in [-0.4, -0.2) is 15.6 Å². The first-order valence-electron chi connectivity index (χ1n) is 5.48. The van der Waals surface area contributed by atoms with E-state index >= 15 is 0 Å². The number of fused-ring (bicyclic) bond motifs is 1. The van der Waals surface area contributed by atoms with Crippen molar-refractivity contribution in [2.45, 2.75) is 26.4 Å². The number of nitrogens with zero attached hydrogens (tertiary/aromatic N) is 1. The van der Waals surface area contributed by atoms with Gasteiger partial charge in [0.2, 0.25) is 0 Å². The minimum absolute atomic E-state index is 0.220. The van der Waals surface area contributed by atoms with Gasteiger partial charge in [-0.2, -0.15) is 0 Å². The van der Waals surface area contributed by atoms with Crippen molar-refractivity contribution in [2.24, 2.45) is 5.73 Å². The van der Waals surface area contributed by atoms with Crippen molar-refractivity contribution >= 4 is 10.9 Å². The van der Waals surface area contributed by atoms with Gasteiger partial charge in [0.25, 0.3) is 5.56 Å². The molecule has 1 atom stereocenters. The number of aromatic nitrogens is 2. The Morgan fingerprint density at radius 2 is 2.12 bits per heavy atom. The predicted molar refractivity (Wildman–Crippen MR) is 67.2 cm³/mol. The molecule has 0 amide bonds. The summed E-state index contributed by atoms with van der Waals surface area (Å²) in [5, 5.41) is 0.510. The van der Waals surface area contributed by atoms with Crippen LogP contribution in [0.4, 0.5) is 0 Å². The molecule has 90 valence electrons. The molecule has 1 aromatic carbocycles. The lowest BCUT2D eigenvalue weighted by atomic mass is 10.2. The molecule has 3 N–H and O–H groups in total. The Hall–Kier alpha value is -1.88. The predicted octanol–water partition coefficient (Wildman–Crippen LogP) is 0.345. The first-order valence-corrected chi connectivity index (χ1v) is 5.48. The molecule has 1 heterocycles. The Balaban J connectivity index is 2.77. The standard InChI is InChI=1S/C12H15N3O2/c1-7-3-4-9-10(5-7)14-12(17)15(11(9)16)6-8(2)13/h3-5,8H,6,13H2,1-2H3,(H,14,17). The Morgan fingerprint density at radius 3 is 2.76 bits per heavy atom. The molecule has 5 nitrogen and oxygen atoms in total. The van der Waals surface area contributed by atoms with E-state index in [-0.39, 0.29) is 18.1 Å². The first kappa shape index (κ1) is 11.6. The third-order valence-corrected chi connectivity index (χ3v) is 2.61. The van der Waals surface area contributed by atoms with Gasteiger partial charge in [-0.25, -0.2) is 4.79 Å². The van der Waals surface area contributed by atoms with Crippen LogP contribution in [0.1, 0.15) is 12.5 Å². The highest BCUT2D eigenvalue weighted by Gasteiger charge is 2.08. The lowest BCUT2D eigenvalue weighted by Gasteiger charge is -2.08. The van der Waals surface area contributed by atoms with E-state index < -0.39 is 5.69 Å². The smallest absolute Gasteiger partial charge is 0.326 e. The van der Waals surface area contributed by atoms with E-state index in [2.05, 4.69) is 4.98 Å². The van der Waals surface area contributed by atoms with Gasteiger partial charge in [0.05, 0.1) is 10.9 Å². The monoisotopic (exact) mass is 233 g/mol. The van der Waals surface area contributed by atoms with Gasteiger partial charge in [0, 0.05) is 12.6 Å². The zero-order valence-corrected chi connectivity index (χ0v) is 9.86. The average molecular weight is 233 g/mol. The number of aromatic amines is 1. The SMILES string of the molecule is Cc1ccc2c(=O)n(CC(C)N)c(=O)[nH]c2c1. The molecule has 0 fully saturated rings. The van der Waals surface area contributed by atoms with Crippen LogP contribution in [0.2, 0.25) is 0 Å². The third-order valence-electron chi connectivity index (χ3n) is 2.61. The van der Waals surface area contributed by atoms with E-state index in [1.165, 1.54) is 0 Å². The summed E-state index contributed by atoms with van der Waals surface area (Å²) in [5.74, 6) is 0. The quantitative estimate of drug-likeness (QED) is 0.785. The molecular formula is C12H15N3O2. The zero-order chi connectivity index (χ0) is 12.6. The number of hydrogen-bond donors (Lipinski definition) is 2. The first-order chi connectivity index (χ1) is 7.99. The summed E-state index contributed by atoms with van der Waals surface area (Å²) < 4.78 is 1.14. The number of nitrogens with two attached hydrogens (primary N) is 1. The number of benzene rings is 1. The second-order valence-corrected chi connectivity index (χ2v) is 4.37. The summed E-state index contributed by atoms with van der Waals surface area (Å²) in [6.07, 6.45) is 0. The summed E-state index contributed by atoms with van der Waals surface area (Å²) in [7, 11) is 0. The molecule has 1 unspecified atom stereocenters. The molecule has 0 aliphatic carbocycles. The van der Waals surface area contributed by atoms with E-state index in [9.17, 15) is 9.59 Å². The van der Waals surface area contributed by atoms with E-state index in [1.54, 1.807) is 19.1 Å². The van der Waals surface area contributed by atoms with E-state index in [4.69, 9.17) is 5.73 Å². The minimum atomic E-state index is -0.412. The Labute approximate surface area is 97.9 Å². The molecule has 2 aromatic rings. The van der Waals surface area contributed by atoms with Crippen molar-refractivity contribution < 1.29 is 0 Å². The van der Waals surface area contributed by atoms with Crippen molar-refractivity contribution in [3.05, 3.63) is 44.6 Å². The molecule has 5 heteroatoms. The molecule has 0 saturated heterocycles. The summed E-state index contributed by atoms with van der Waals surface area (Å²) in [6.45, 7) is 3.88. The largest absolute Gasteiger partial charge is 0.328 e. The number of nitrogens with one attached hydrogen (secondary N) is 1. The van der Waals surface area contributed by atoms with Crippen molar-refractivity contribution in [2.75, 3.05) is 0 Å². The van der Waals surface area contributed by atoms with Crippen LogP contribution in [-0.2, 0) is 6.54 Å². The van der Waals surface area contributed by atoms with Gasteiger partial charge < -0.3 is 10.7 Å². The lowest BCUT2D eigenvalue weighted by Crippen LogP contribution is -2.39. The molecule has 0 saturated carbocycles. The van der Waals surface area contributed by atoms with Gasteiger partial charge in [-0.1, -0.05) is 6.07 Å². The molecule has 1 aromatic heterocycles.